The van der Waals surface area contributed by atoms with Crippen molar-refractivity contribution in [3.63, 3.8) is 0 Å². The van der Waals surface area contributed by atoms with Gasteiger partial charge in [-0.15, -0.1) is 9.60 Å². The minimum atomic E-state index is 0.0505. The first kappa shape index (κ1) is 9.09. The summed E-state index contributed by atoms with van der Waals surface area (Å²) in [6, 6.07) is 5.30. The zero-order valence-electron chi connectivity index (χ0n) is 8.40. The first-order valence-corrected chi connectivity index (χ1v) is 5.34. The van der Waals surface area contributed by atoms with Gasteiger partial charge in [0.25, 0.3) is 5.56 Å². The van der Waals surface area contributed by atoms with Crippen molar-refractivity contribution in [1.29, 1.82) is 0 Å². The Morgan fingerprint density at radius 3 is 3.00 bits per heavy atom. The lowest BCUT2D eigenvalue weighted by atomic mass is 9.84. The Labute approximate surface area is 87.1 Å². The molecule has 0 amide bonds. The Bertz CT molecular complexity index is 442. The Morgan fingerprint density at radius 1 is 1.27 bits per heavy atom. The first-order valence-electron chi connectivity index (χ1n) is 5.34. The van der Waals surface area contributed by atoms with Crippen LogP contribution in [-0.2, 0) is 6.54 Å². The van der Waals surface area contributed by atoms with E-state index in [4.69, 9.17) is 0 Å². The van der Waals surface area contributed by atoms with Crippen LogP contribution in [0.2, 0.25) is 0 Å². The summed E-state index contributed by atoms with van der Waals surface area (Å²) in [6.45, 7) is 1.57. The summed E-state index contributed by atoms with van der Waals surface area (Å²) in [4.78, 5) is 11.6. The fourth-order valence-corrected chi connectivity index (χ4v) is 2.84. The third-order valence-corrected chi connectivity index (χ3v) is 3.44. The molecular weight excluding hydrogens is 195 g/mol. The number of halogens is 1. The second-order valence-corrected chi connectivity index (χ2v) is 4.53. The van der Waals surface area contributed by atoms with E-state index >= 15 is 0 Å². The van der Waals surface area contributed by atoms with E-state index in [1.807, 2.05) is 10.6 Å². The van der Waals surface area contributed by atoms with Crippen LogP contribution < -0.4 is 5.56 Å². The zero-order chi connectivity index (χ0) is 10.4. The maximum absolute atomic E-state index is 13.2. The van der Waals surface area contributed by atoms with Gasteiger partial charge < -0.3 is 4.57 Å². The standard InChI is InChI=1S/C11H13FN2O/c12-13-5-8-4-9(7-13)10-2-1-3-11(15)14(10)6-8/h1-3,8-9H,4-7H2. The van der Waals surface area contributed by atoms with Crippen molar-refractivity contribution in [3.05, 3.63) is 34.2 Å². The van der Waals surface area contributed by atoms with E-state index in [9.17, 15) is 9.28 Å². The van der Waals surface area contributed by atoms with E-state index in [0.29, 0.717) is 25.6 Å². The third kappa shape index (κ3) is 1.40. The minimum absolute atomic E-state index is 0.0505. The number of fused-ring (bicyclic) bond motifs is 4. The van der Waals surface area contributed by atoms with Crippen molar-refractivity contribution in [3.8, 4) is 0 Å². The van der Waals surface area contributed by atoms with Crippen LogP contribution in [0.3, 0.4) is 0 Å². The largest absolute Gasteiger partial charge is 0.312 e. The molecule has 4 heteroatoms. The summed E-state index contributed by atoms with van der Waals surface area (Å²) in [5, 5.41) is 0.889. The zero-order valence-corrected chi connectivity index (χ0v) is 8.40. The number of rotatable bonds is 0. The number of piperidine rings is 1. The Kier molecular flexibility index (Phi) is 1.92. The molecule has 2 aliphatic heterocycles. The average molecular weight is 208 g/mol. The predicted molar refractivity (Wildman–Crippen MR) is 54.2 cm³/mol. The molecule has 0 aromatic carbocycles. The molecule has 2 bridgehead atoms. The summed E-state index contributed by atoms with van der Waals surface area (Å²) in [5.74, 6) is 0.484. The van der Waals surface area contributed by atoms with Gasteiger partial charge in [0.1, 0.15) is 0 Å². The summed E-state index contributed by atoms with van der Waals surface area (Å²) in [7, 11) is 0. The monoisotopic (exact) mass is 208 g/mol. The minimum Gasteiger partial charge on any atom is -0.312 e. The number of hydrogen-bond acceptors (Lipinski definition) is 2. The molecule has 0 saturated carbocycles. The van der Waals surface area contributed by atoms with E-state index < -0.39 is 0 Å². The molecule has 3 rings (SSSR count). The molecule has 0 spiro atoms. The molecule has 0 aliphatic carbocycles. The van der Waals surface area contributed by atoms with Gasteiger partial charge >= 0.3 is 0 Å². The van der Waals surface area contributed by atoms with Crippen molar-refractivity contribution < 1.29 is 4.48 Å². The molecule has 0 N–H and O–H groups in total. The molecule has 2 atom stereocenters. The van der Waals surface area contributed by atoms with E-state index in [1.54, 1.807) is 12.1 Å². The topological polar surface area (TPSA) is 25.2 Å². The van der Waals surface area contributed by atoms with Gasteiger partial charge in [0.05, 0.1) is 0 Å². The van der Waals surface area contributed by atoms with Gasteiger partial charge in [-0.3, -0.25) is 4.79 Å². The molecule has 80 valence electrons. The number of aromatic nitrogens is 1. The highest BCUT2D eigenvalue weighted by Crippen LogP contribution is 2.34. The van der Waals surface area contributed by atoms with E-state index in [-0.39, 0.29) is 11.5 Å². The predicted octanol–water partition coefficient (Wildman–Crippen LogP) is 1.15. The van der Waals surface area contributed by atoms with Gasteiger partial charge in [-0.1, -0.05) is 6.07 Å². The van der Waals surface area contributed by atoms with Gasteiger partial charge in [0.15, 0.2) is 0 Å². The highest BCUT2D eigenvalue weighted by Gasteiger charge is 2.34. The van der Waals surface area contributed by atoms with Crippen LogP contribution in [0.5, 0.6) is 0 Å². The van der Waals surface area contributed by atoms with Crippen LogP contribution in [-0.4, -0.2) is 22.8 Å². The fraction of sp³-hybridized carbons (Fsp3) is 0.545. The maximum Gasteiger partial charge on any atom is 0.250 e. The Hall–Kier alpha value is -1.16. The third-order valence-electron chi connectivity index (χ3n) is 3.44. The average Bonchev–Trinajstić information content (AvgIpc) is 2.19. The van der Waals surface area contributed by atoms with Gasteiger partial charge in [-0.25, -0.2) is 0 Å². The quantitative estimate of drug-likeness (QED) is 0.598. The van der Waals surface area contributed by atoms with Gasteiger partial charge in [0.2, 0.25) is 0 Å². The van der Waals surface area contributed by atoms with Crippen LogP contribution in [0.4, 0.5) is 4.48 Å². The summed E-state index contributed by atoms with van der Waals surface area (Å²) < 4.78 is 15.1. The maximum atomic E-state index is 13.2. The fourth-order valence-electron chi connectivity index (χ4n) is 2.84. The molecule has 1 aromatic heterocycles. The lowest BCUT2D eigenvalue weighted by Gasteiger charge is -2.39. The summed E-state index contributed by atoms with van der Waals surface area (Å²) in [6.07, 6.45) is 1.02. The second-order valence-electron chi connectivity index (χ2n) is 4.53. The second kappa shape index (κ2) is 3.17. The van der Waals surface area contributed by atoms with Crippen molar-refractivity contribution in [1.82, 2.24) is 9.69 Å². The van der Waals surface area contributed by atoms with Crippen molar-refractivity contribution >= 4 is 0 Å². The normalized spacial score (nSPS) is 29.9. The molecule has 1 aromatic rings. The van der Waals surface area contributed by atoms with Crippen molar-refractivity contribution in [2.75, 3.05) is 13.1 Å². The van der Waals surface area contributed by atoms with E-state index in [1.165, 1.54) is 0 Å². The molecule has 0 radical (unpaired) electrons. The molecule has 1 saturated heterocycles. The van der Waals surface area contributed by atoms with Crippen LogP contribution in [0, 0.1) is 5.92 Å². The van der Waals surface area contributed by atoms with Crippen molar-refractivity contribution in [2.24, 2.45) is 5.92 Å². The van der Waals surface area contributed by atoms with Crippen LogP contribution >= 0.6 is 0 Å². The van der Waals surface area contributed by atoms with Crippen molar-refractivity contribution in [2.45, 2.75) is 18.9 Å². The SMILES string of the molecule is O=c1cccc2n1CC1CC2CN(F)C1. The van der Waals surface area contributed by atoms with Gasteiger partial charge in [0, 0.05) is 37.3 Å². The highest BCUT2D eigenvalue weighted by atomic mass is 19.2. The lowest BCUT2D eigenvalue weighted by molar-refractivity contribution is -0.0369. The van der Waals surface area contributed by atoms with E-state index in [0.717, 1.165) is 17.2 Å². The number of pyridine rings is 1. The summed E-state index contributed by atoms with van der Waals surface area (Å²) in [5.41, 5.74) is 1.05. The Balaban J connectivity index is 2.10. The molecular formula is C11H13FN2O. The number of nitrogens with zero attached hydrogens (tertiary/aromatic N) is 2. The number of hydrogen-bond donors (Lipinski definition) is 0. The smallest absolute Gasteiger partial charge is 0.250 e. The summed E-state index contributed by atoms with van der Waals surface area (Å²) >= 11 is 0. The molecule has 2 unspecified atom stereocenters. The molecule has 3 heterocycles. The molecule has 3 nitrogen and oxygen atoms in total. The molecule has 15 heavy (non-hydrogen) atoms. The van der Waals surface area contributed by atoms with Gasteiger partial charge in [-0.05, 0) is 18.4 Å². The lowest BCUT2D eigenvalue weighted by Crippen LogP contribution is -2.44. The van der Waals surface area contributed by atoms with Crippen LogP contribution in [0.15, 0.2) is 23.0 Å². The Morgan fingerprint density at radius 2 is 2.13 bits per heavy atom. The first-order chi connectivity index (χ1) is 7.24. The van der Waals surface area contributed by atoms with Gasteiger partial charge in [-0.2, -0.15) is 0 Å². The molecule has 2 aliphatic rings. The van der Waals surface area contributed by atoms with Crippen LogP contribution in [0.25, 0.3) is 0 Å². The van der Waals surface area contributed by atoms with E-state index in [2.05, 4.69) is 0 Å². The highest BCUT2D eigenvalue weighted by molar-refractivity contribution is 5.16. The molecule has 1 fully saturated rings. The van der Waals surface area contributed by atoms with Crippen LogP contribution in [0.1, 0.15) is 18.0 Å².